The van der Waals surface area contributed by atoms with Gasteiger partial charge in [-0.2, -0.15) is 0 Å². The van der Waals surface area contributed by atoms with Crippen LogP contribution in [0.4, 0.5) is 5.69 Å². The number of aliphatic carboxylic acids is 1. The number of hydrogen-bond acceptors (Lipinski definition) is 3. The Bertz CT molecular complexity index is 516. The number of methoxy groups -OCH3 is 1. The monoisotopic (exact) mass is 333 g/mol. The molecule has 0 saturated heterocycles. The van der Waals surface area contributed by atoms with Crippen molar-refractivity contribution in [3.63, 3.8) is 0 Å². The normalized spacial score (nSPS) is 10.4. The fourth-order valence-corrected chi connectivity index (χ4v) is 2.15. The zero-order valence-corrected chi connectivity index (χ0v) is 11.6. The minimum Gasteiger partial charge on any atom is -0.493 e. The molecular formula is C11H9BrClNO4. The summed E-state index contributed by atoms with van der Waals surface area (Å²) in [6, 6.07) is 3.11. The molecule has 0 atom stereocenters. The van der Waals surface area contributed by atoms with E-state index in [1.807, 2.05) is 0 Å². The van der Waals surface area contributed by atoms with Crippen molar-refractivity contribution in [2.24, 2.45) is 0 Å². The summed E-state index contributed by atoms with van der Waals surface area (Å²) in [7, 11) is 1.44. The Morgan fingerprint density at radius 1 is 1.44 bits per heavy atom. The number of ether oxygens (including phenoxy) is 1. The van der Waals surface area contributed by atoms with Crippen LogP contribution in [0.25, 0.3) is 0 Å². The summed E-state index contributed by atoms with van der Waals surface area (Å²) in [5, 5.41) is 11.3. The average molecular weight is 335 g/mol. The van der Waals surface area contributed by atoms with Gasteiger partial charge in [0, 0.05) is 17.2 Å². The van der Waals surface area contributed by atoms with Crippen molar-refractivity contribution >= 4 is 45.1 Å². The van der Waals surface area contributed by atoms with Gasteiger partial charge in [0.1, 0.15) is 0 Å². The zero-order chi connectivity index (χ0) is 13.7. The van der Waals surface area contributed by atoms with Crippen LogP contribution < -0.4 is 10.1 Å². The molecule has 0 unspecified atom stereocenters. The number of nitrogens with one attached hydrogen (secondary N) is 1. The number of hydrogen-bond donors (Lipinski definition) is 2. The summed E-state index contributed by atoms with van der Waals surface area (Å²) in [6.45, 7) is 0. The number of carbonyl (C=O) groups excluding carboxylic acids is 1. The van der Waals surface area contributed by atoms with Crippen LogP contribution in [-0.2, 0) is 9.59 Å². The van der Waals surface area contributed by atoms with Gasteiger partial charge in [-0.1, -0.05) is 11.6 Å². The Hall–Kier alpha value is -1.53. The van der Waals surface area contributed by atoms with Gasteiger partial charge in [0.25, 0.3) is 0 Å². The summed E-state index contributed by atoms with van der Waals surface area (Å²) in [5.74, 6) is -1.40. The second kappa shape index (κ2) is 6.42. The van der Waals surface area contributed by atoms with Gasteiger partial charge >= 0.3 is 5.97 Å². The summed E-state index contributed by atoms with van der Waals surface area (Å²) in [6.07, 6.45) is 1.64. The molecule has 0 aliphatic rings. The maximum absolute atomic E-state index is 11.4. The van der Waals surface area contributed by atoms with E-state index in [1.54, 1.807) is 6.07 Å². The molecule has 1 amide bonds. The van der Waals surface area contributed by atoms with Crippen molar-refractivity contribution in [3.05, 3.63) is 33.8 Å². The van der Waals surface area contributed by atoms with E-state index in [4.69, 9.17) is 21.4 Å². The predicted octanol–water partition coefficient (Wildman–Crippen LogP) is 2.69. The third kappa shape index (κ3) is 4.05. The molecule has 0 radical (unpaired) electrons. The van der Waals surface area contributed by atoms with Gasteiger partial charge < -0.3 is 15.2 Å². The first-order valence-corrected chi connectivity index (χ1v) is 5.86. The van der Waals surface area contributed by atoms with Crippen molar-refractivity contribution in [1.29, 1.82) is 0 Å². The van der Waals surface area contributed by atoms with Crippen LogP contribution in [0.15, 0.2) is 28.8 Å². The van der Waals surface area contributed by atoms with E-state index in [2.05, 4.69) is 21.2 Å². The number of carboxylic acid groups (broad SMARTS) is 1. The van der Waals surface area contributed by atoms with E-state index < -0.39 is 11.9 Å². The van der Waals surface area contributed by atoms with E-state index in [1.165, 1.54) is 13.2 Å². The van der Waals surface area contributed by atoms with Crippen LogP contribution in [0.1, 0.15) is 0 Å². The van der Waals surface area contributed by atoms with Gasteiger partial charge in [-0.25, -0.2) is 4.79 Å². The lowest BCUT2D eigenvalue weighted by atomic mass is 10.3. The lowest BCUT2D eigenvalue weighted by Gasteiger charge is -2.11. The van der Waals surface area contributed by atoms with Crippen LogP contribution in [0.2, 0.25) is 5.02 Å². The lowest BCUT2D eigenvalue weighted by Crippen LogP contribution is -2.10. The topological polar surface area (TPSA) is 75.6 Å². The van der Waals surface area contributed by atoms with Crippen molar-refractivity contribution < 1.29 is 19.4 Å². The molecule has 1 aromatic rings. The highest BCUT2D eigenvalue weighted by Gasteiger charge is 2.11. The molecule has 0 aliphatic carbocycles. The van der Waals surface area contributed by atoms with Gasteiger partial charge in [-0.05, 0) is 28.1 Å². The number of benzene rings is 1. The van der Waals surface area contributed by atoms with E-state index >= 15 is 0 Å². The summed E-state index contributed by atoms with van der Waals surface area (Å²) < 4.78 is 5.68. The predicted molar refractivity (Wildman–Crippen MR) is 71.1 cm³/mol. The molecule has 0 saturated carbocycles. The molecule has 18 heavy (non-hydrogen) atoms. The Labute approximate surface area is 117 Å². The maximum Gasteiger partial charge on any atom is 0.328 e. The van der Waals surface area contributed by atoms with E-state index in [-0.39, 0.29) is 0 Å². The molecule has 0 fully saturated rings. The Balaban J connectivity index is 2.96. The first kappa shape index (κ1) is 14.5. The number of carboxylic acids is 1. The molecule has 2 N–H and O–H groups in total. The fraction of sp³-hybridized carbons (Fsp3) is 0.0909. The molecule has 5 nitrogen and oxygen atoms in total. The SMILES string of the molecule is COc1c(Br)cc(Cl)cc1NC(=O)/C=C/C(=O)O. The van der Waals surface area contributed by atoms with Gasteiger partial charge in [0.15, 0.2) is 5.75 Å². The largest absolute Gasteiger partial charge is 0.493 e. The first-order valence-electron chi connectivity index (χ1n) is 4.69. The van der Waals surface area contributed by atoms with Crippen molar-refractivity contribution in [2.75, 3.05) is 12.4 Å². The summed E-state index contributed by atoms with van der Waals surface area (Å²) >= 11 is 9.08. The number of carbonyl (C=O) groups is 2. The van der Waals surface area contributed by atoms with Crippen LogP contribution >= 0.6 is 27.5 Å². The quantitative estimate of drug-likeness (QED) is 0.830. The molecular weight excluding hydrogens is 325 g/mol. The zero-order valence-electron chi connectivity index (χ0n) is 9.24. The fourth-order valence-electron chi connectivity index (χ4n) is 1.18. The standard InChI is InChI=1S/C11H9BrClNO4/c1-18-11-7(12)4-6(13)5-8(11)14-9(15)2-3-10(16)17/h2-5H,1H3,(H,14,15)(H,16,17)/b3-2+. The first-order chi connectivity index (χ1) is 8.43. The van der Waals surface area contributed by atoms with Gasteiger partial charge in [0.05, 0.1) is 17.3 Å². The number of halogens is 2. The van der Waals surface area contributed by atoms with Crippen molar-refractivity contribution in [1.82, 2.24) is 0 Å². The second-order valence-electron chi connectivity index (χ2n) is 3.13. The number of anilines is 1. The van der Waals surface area contributed by atoms with E-state index in [0.29, 0.717) is 20.9 Å². The molecule has 1 rings (SSSR count). The molecule has 96 valence electrons. The van der Waals surface area contributed by atoms with E-state index in [9.17, 15) is 9.59 Å². The molecule has 0 aliphatic heterocycles. The highest BCUT2D eigenvalue weighted by atomic mass is 79.9. The average Bonchev–Trinajstić information content (AvgIpc) is 2.26. The van der Waals surface area contributed by atoms with Crippen molar-refractivity contribution in [2.45, 2.75) is 0 Å². The van der Waals surface area contributed by atoms with Crippen LogP contribution in [-0.4, -0.2) is 24.1 Å². The van der Waals surface area contributed by atoms with E-state index in [0.717, 1.165) is 12.2 Å². The molecule has 0 aromatic heterocycles. The summed E-state index contributed by atoms with van der Waals surface area (Å²) in [4.78, 5) is 21.7. The highest BCUT2D eigenvalue weighted by molar-refractivity contribution is 9.10. The van der Waals surface area contributed by atoms with Gasteiger partial charge in [-0.15, -0.1) is 0 Å². The Kier molecular flexibility index (Phi) is 5.18. The molecule has 1 aromatic carbocycles. The maximum atomic E-state index is 11.4. The van der Waals surface area contributed by atoms with Crippen molar-refractivity contribution in [3.8, 4) is 5.75 Å². The third-order valence-electron chi connectivity index (χ3n) is 1.85. The highest BCUT2D eigenvalue weighted by Crippen LogP contribution is 2.36. The molecule has 0 heterocycles. The molecule has 0 spiro atoms. The van der Waals surface area contributed by atoms with Crippen LogP contribution in [0.5, 0.6) is 5.75 Å². The minimum atomic E-state index is -1.20. The smallest absolute Gasteiger partial charge is 0.328 e. The molecule has 0 bridgehead atoms. The van der Waals surface area contributed by atoms with Crippen LogP contribution in [0.3, 0.4) is 0 Å². The number of rotatable bonds is 4. The minimum absolute atomic E-state index is 0.344. The Morgan fingerprint density at radius 3 is 2.67 bits per heavy atom. The third-order valence-corrected chi connectivity index (χ3v) is 2.65. The second-order valence-corrected chi connectivity index (χ2v) is 4.42. The lowest BCUT2D eigenvalue weighted by molar-refractivity contribution is -0.131. The van der Waals surface area contributed by atoms with Gasteiger partial charge in [0.2, 0.25) is 5.91 Å². The molecule has 7 heteroatoms. The summed E-state index contributed by atoms with van der Waals surface area (Å²) in [5.41, 5.74) is 0.344. The number of amides is 1. The van der Waals surface area contributed by atoms with Gasteiger partial charge in [-0.3, -0.25) is 4.79 Å². The Morgan fingerprint density at radius 2 is 2.11 bits per heavy atom. The van der Waals surface area contributed by atoms with Crippen LogP contribution in [0, 0.1) is 0 Å².